The number of furan rings is 1. The molecule has 0 radical (unpaired) electrons. The molecule has 59 heavy (non-hydrogen) atoms. The van der Waals surface area contributed by atoms with Gasteiger partial charge in [0.25, 0.3) is 0 Å². The molecule has 0 aliphatic rings. The van der Waals surface area contributed by atoms with Gasteiger partial charge in [0.2, 0.25) is 0 Å². The topological polar surface area (TPSA) is 23.0 Å². The van der Waals surface area contributed by atoms with Gasteiger partial charge in [-0.1, -0.05) is 158 Å². The van der Waals surface area contributed by atoms with Gasteiger partial charge in [0.15, 0.2) is 5.58 Å². The number of fused-ring (bicyclic) bond motifs is 7. The first-order valence-electron chi connectivity index (χ1n) is 20.3. The van der Waals surface area contributed by atoms with E-state index in [0.717, 1.165) is 55.7 Å². The highest BCUT2D eigenvalue weighted by atomic mass is 16.3. The minimum atomic E-state index is 0.861. The van der Waals surface area contributed by atoms with Crippen molar-refractivity contribution in [3.05, 3.63) is 211 Å². The average Bonchev–Trinajstić information content (AvgIpc) is 3.93. The first-order valence-corrected chi connectivity index (χ1v) is 20.3. The van der Waals surface area contributed by atoms with Crippen molar-refractivity contribution in [2.24, 2.45) is 0 Å². The summed E-state index contributed by atoms with van der Waals surface area (Å²) in [5.74, 6) is 0. The Bertz CT molecular complexity index is 3390. The lowest BCUT2D eigenvalue weighted by atomic mass is 9.96. The Labute approximate surface area is 343 Å². The molecule has 0 aliphatic heterocycles. The Morgan fingerprint density at radius 1 is 0.424 bits per heavy atom. The van der Waals surface area contributed by atoms with E-state index >= 15 is 0 Å². The minimum absolute atomic E-state index is 0.861. The molecule has 8 aromatic carbocycles. The highest BCUT2D eigenvalue weighted by Crippen LogP contribution is 2.42. The summed E-state index contributed by atoms with van der Waals surface area (Å²) >= 11 is 0. The van der Waals surface area contributed by atoms with E-state index in [1.807, 2.05) is 6.92 Å². The van der Waals surface area contributed by atoms with E-state index in [4.69, 9.17) is 4.42 Å². The second-order valence-corrected chi connectivity index (χ2v) is 15.3. The molecule has 280 valence electrons. The van der Waals surface area contributed by atoms with Crippen LogP contribution in [0.5, 0.6) is 0 Å². The lowest BCUT2D eigenvalue weighted by Crippen LogP contribution is -2.01. The van der Waals surface area contributed by atoms with E-state index in [9.17, 15) is 0 Å². The Balaban J connectivity index is 1.13. The molecule has 0 saturated carbocycles. The average molecular weight is 757 g/mol. The van der Waals surface area contributed by atoms with Crippen LogP contribution in [0, 0.1) is 6.92 Å². The predicted molar refractivity (Wildman–Crippen MR) is 250 cm³/mol. The number of benzene rings is 8. The third-order valence-electron chi connectivity index (χ3n) is 11.9. The molecule has 0 fully saturated rings. The highest BCUT2D eigenvalue weighted by Gasteiger charge is 2.22. The summed E-state index contributed by atoms with van der Waals surface area (Å²) in [5.41, 5.74) is 16.8. The van der Waals surface area contributed by atoms with Gasteiger partial charge in [0, 0.05) is 43.9 Å². The standard InChI is InChI=1S/C56H40N2O/c1-3-4-6-20-45-37(2)57(51-24-12-9-21-46(45)51)54-36-44(58-52-25-13-10-22-47(52)48-23-11-14-26-53(48)58)35-50-49-34-43(31-32-55(49)59-56(50)54)42-19-15-18-41(33-42)40-29-27-39(28-30-40)38-16-7-5-8-17-38/h3-36H,1-2H3/b4-3-,20-6-. The van der Waals surface area contributed by atoms with E-state index in [-0.39, 0.29) is 0 Å². The van der Waals surface area contributed by atoms with Gasteiger partial charge < -0.3 is 13.6 Å². The molecule has 0 saturated heterocycles. The molecule has 3 nitrogen and oxygen atoms in total. The van der Waals surface area contributed by atoms with Crippen LogP contribution in [0.4, 0.5) is 0 Å². The van der Waals surface area contributed by atoms with Crippen molar-refractivity contribution in [2.45, 2.75) is 13.8 Å². The van der Waals surface area contributed by atoms with Gasteiger partial charge in [-0.2, -0.15) is 0 Å². The van der Waals surface area contributed by atoms with Gasteiger partial charge in [0.1, 0.15) is 5.58 Å². The molecule has 3 aromatic heterocycles. The van der Waals surface area contributed by atoms with E-state index in [1.165, 1.54) is 55.0 Å². The quantitative estimate of drug-likeness (QED) is 0.149. The molecule has 0 atom stereocenters. The maximum Gasteiger partial charge on any atom is 0.159 e. The summed E-state index contributed by atoms with van der Waals surface area (Å²) in [4.78, 5) is 0. The van der Waals surface area contributed by atoms with Crippen molar-refractivity contribution < 1.29 is 4.42 Å². The molecule has 11 rings (SSSR count). The Kier molecular flexibility index (Phi) is 8.27. The maximum atomic E-state index is 6.97. The second-order valence-electron chi connectivity index (χ2n) is 15.3. The van der Waals surface area contributed by atoms with Crippen molar-refractivity contribution in [1.29, 1.82) is 0 Å². The third-order valence-corrected chi connectivity index (χ3v) is 11.9. The van der Waals surface area contributed by atoms with E-state index in [2.05, 4.69) is 222 Å². The zero-order chi connectivity index (χ0) is 39.5. The van der Waals surface area contributed by atoms with Crippen LogP contribution in [0.1, 0.15) is 18.2 Å². The smallest absolute Gasteiger partial charge is 0.159 e. The molecule has 0 amide bonds. The van der Waals surface area contributed by atoms with Gasteiger partial charge in [-0.05, 0) is 95.8 Å². The SMILES string of the molecule is C/C=C\C=C/c1c(C)n(-c2cc(-n3c4ccccc4c4ccccc43)cc3c2oc2ccc(-c4cccc(-c5ccc(-c6ccccc6)cc5)c4)cc23)c2ccccc12. The summed E-state index contributed by atoms with van der Waals surface area (Å²) < 4.78 is 11.8. The molecule has 0 aliphatic carbocycles. The summed E-state index contributed by atoms with van der Waals surface area (Å²) in [7, 11) is 0. The zero-order valence-corrected chi connectivity index (χ0v) is 32.9. The van der Waals surface area contributed by atoms with E-state index in [1.54, 1.807) is 0 Å². The molecule has 0 unspecified atom stereocenters. The van der Waals surface area contributed by atoms with Gasteiger partial charge >= 0.3 is 0 Å². The lowest BCUT2D eigenvalue weighted by Gasteiger charge is -2.14. The maximum absolute atomic E-state index is 6.97. The van der Waals surface area contributed by atoms with Gasteiger partial charge in [-0.15, -0.1) is 0 Å². The monoisotopic (exact) mass is 756 g/mol. The minimum Gasteiger partial charge on any atom is -0.454 e. The Morgan fingerprint density at radius 3 is 1.66 bits per heavy atom. The molecule has 0 bridgehead atoms. The summed E-state index contributed by atoms with van der Waals surface area (Å²) in [5, 5.41) is 5.83. The first-order chi connectivity index (χ1) is 29.1. The number of hydrogen-bond donors (Lipinski definition) is 0. The van der Waals surface area contributed by atoms with Gasteiger partial charge in [-0.3, -0.25) is 0 Å². The van der Waals surface area contributed by atoms with Crippen molar-refractivity contribution in [3.63, 3.8) is 0 Å². The van der Waals surface area contributed by atoms with Gasteiger partial charge in [0.05, 0.1) is 22.2 Å². The zero-order valence-electron chi connectivity index (χ0n) is 32.9. The van der Waals surface area contributed by atoms with Crippen LogP contribution in [0.3, 0.4) is 0 Å². The fourth-order valence-electron chi connectivity index (χ4n) is 9.06. The number of allylic oxidation sites excluding steroid dienone is 3. The van der Waals surface area contributed by atoms with Crippen LogP contribution in [-0.4, -0.2) is 9.13 Å². The molecule has 0 spiro atoms. The summed E-state index contributed by atoms with van der Waals surface area (Å²) in [6.45, 7) is 4.27. The third kappa shape index (κ3) is 5.74. The van der Waals surface area contributed by atoms with E-state index in [0.29, 0.717) is 0 Å². The fraction of sp³-hybridized carbons (Fsp3) is 0.0357. The number of para-hydroxylation sites is 3. The molecule has 11 aromatic rings. The van der Waals surface area contributed by atoms with Crippen LogP contribution < -0.4 is 0 Å². The van der Waals surface area contributed by atoms with Crippen molar-refractivity contribution in [1.82, 2.24) is 9.13 Å². The number of rotatable bonds is 7. The first kappa shape index (κ1) is 34.6. The van der Waals surface area contributed by atoms with Crippen LogP contribution in [0.15, 0.2) is 205 Å². The molecule has 3 heteroatoms. The Morgan fingerprint density at radius 2 is 0.966 bits per heavy atom. The largest absolute Gasteiger partial charge is 0.454 e. The molecule has 3 heterocycles. The molecule has 0 N–H and O–H groups in total. The van der Waals surface area contributed by atoms with Crippen molar-refractivity contribution >= 4 is 60.7 Å². The number of nitrogens with zero attached hydrogens (tertiary/aromatic N) is 2. The lowest BCUT2D eigenvalue weighted by molar-refractivity contribution is 0.665. The van der Waals surface area contributed by atoms with Crippen LogP contribution >= 0.6 is 0 Å². The van der Waals surface area contributed by atoms with Crippen LogP contribution in [0.2, 0.25) is 0 Å². The number of aromatic nitrogens is 2. The molecular formula is C56H40N2O. The summed E-state index contributed by atoms with van der Waals surface area (Å²) in [6.07, 6.45) is 8.49. The van der Waals surface area contributed by atoms with E-state index < -0.39 is 0 Å². The Hall–Kier alpha value is -7.62. The second kappa shape index (κ2) is 14.1. The van der Waals surface area contributed by atoms with Crippen molar-refractivity contribution in [2.75, 3.05) is 0 Å². The number of hydrogen-bond acceptors (Lipinski definition) is 1. The predicted octanol–water partition coefficient (Wildman–Crippen LogP) is 15.5. The fourth-order valence-corrected chi connectivity index (χ4v) is 9.06. The van der Waals surface area contributed by atoms with Crippen molar-refractivity contribution in [3.8, 4) is 44.8 Å². The summed E-state index contributed by atoms with van der Waals surface area (Å²) in [6, 6.07) is 65.7. The normalized spacial score (nSPS) is 12.1. The van der Waals surface area contributed by atoms with Gasteiger partial charge in [-0.25, -0.2) is 0 Å². The molecular weight excluding hydrogens is 717 g/mol. The van der Waals surface area contributed by atoms with Crippen LogP contribution in [-0.2, 0) is 0 Å². The van der Waals surface area contributed by atoms with Crippen LogP contribution in [0.25, 0.3) is 105 Å². The highest BCUT2D eigenvalue weighted by molar-refractivity contribution is 6.13.